The highest BCUT2D eigenvalue weighted by Gasteiger charge is 2.20. The fourth-order valence-electron chi connectivity index (χ4n) is 1.54. The summed E-state index contributed by atoms with van der Waals surface area (Å²) in [7, 11) is -3.59. The second kappa shape index (κ2) is 5.37. The van der Waals surface area contributed by atoms with Crippen LogP contribution in [0.25, 0.3) is 0 Å². The number of aromatic nitrogens is 2. The van der Waals surface area contributed by atoms with Crippen LogP contribution in [0.15, 0.2) is 15.5 Å². The smallest absolute Gasteiger partial charge is 0.242 e. The number of nitrogens with zero attached hydrogens (tertiary/aromatic N) is 2. The highest BCUT2D eigenvalue weighted by molar-refractivity contribution is 7.89. The van der Waals surface area contributed by atoms with Crippen molar-refractivity contribution in [1.29, 1.82) is 0 Å². The monoisotopic (exact) mass is 302 g/mol. The highest BCUT2D eigenvalue weighted by Crippen LogP contribution is 2.25. The SMILES string of the molecule is Cc1nc(CNS(=O)(=O)c2cc(CN)sc2C)no1. The number of hydrogen-bond acceptors (Lipinski definition) is 7. The molecule has 0 unspecified atom stereocenters. The van der Waals surface area contributed by atoms with Crippen LogP contribution in [0.3, 0.4) is 0 Å². The van der Waals surface area contributed by atoms with Crippen molar-refractivity contribution >= 4 is 21.4 Å². The van der Waals surface area contributed by atoms with Gasteiger partial charge in [0.05, 0.1) is 11.4 Å². The Kier molecular flexibility index (Phi) is 3.99. The van der Waals surface area contributed by atoms with Crippen molar-refractivity contribution in [2.45, 2.75) is 31.8 Å². The molecule has 0 aliphatic heterocycles. The molecule has 2 rings (SSSR count). The van der Waals surface area contributed by atoms with E-state index in [9.17, 15) is 8.42 Å². The third kappa shape index (κ3) is 3.18. The van der Waals surface area contributed by atoms with Gasteiger partial charge in [-0.05, 0) is 13.0 Å². The first kappa shape index (κ1) is 14.1. The summed E-state index contributed by atoms with van der Waals surface area (Å²) in [4.78, 5) is 5.71. The van der Waals surface area contributed by atoms with Crippen molar-refractivity contribution in [1.82, 2.24) is 14.9 Å². The summed E-state index contributed by atoms with van der Waals surface area (Å²) in [6.07, 6.45) is 0. The van der Waals surface area contributed by atoms with E-state index in [2.05, 4.69) is 14.9 Å². The largest absolute Gasteiger partial charge is 0.340 e. The molecule has 3 N–H and O–H groups in total. The lowest BCUT2D eigenvalue weighted by molar-refractivity contribution is 0.387. The summed E-state index contributed by atoms with van der Waals surface area (Å²) < 4.78 is 31.5. The lowest BCUT2D eigenvalue weighted by Gasteiger charge is -2.03. The predicted molar refractivity (Wildman–Crippen MR) is 70.0 cm³/mol. The molecule has 7 nitrogen and oxygen atoms in total. The Hall–Kier alpha value is -1.29. The second-order valence-corrected chi connectivity index (χ2v) is 6.97. The molecule has 2 aromatic rings. The molecule has 0 saturated heterocycles. The Morgan fingerprint density at radius 1 is 1.47 bits per heavy atom. The van der Waals surface area contributed by atoms with Crippen LogP contribution in [-0.4, -0.2) is 18.6 Å². The molecule has 104 valence electrons. The lowest BCUT2D eigenvalue weighted by Crippen LogP contribution is -2.24. The maximum Gasteiger partial charge on any atom is 0.242 e. The molecule has 0 radical (unpaired) electrons. The summed E-state index contributed by atoms with van der Waals surface area (Å²) >= 11 is 1.37. The normalized spacial score (nSPS) is 11.9. The number of sulfonamides is 1. The maximum absolute atomic E-state index is 12.1. The number of nitrogens with one attached hydrogen (secondary N) is 1. The van der Waals surface area contributed by atoms with Gasteiger partial charge in [-0.3, -0.25) is 0 Å². The quantitative estimate of drug-likeness (QED) is 0.840. The molecule has 0 spiro atoms. The van der Waals surface area contributed by atoms with Crippen LogP contribution in [0, 0.1) is 13.8 Å². The van der Waals surface area contributed by atoms with E-state index in [-0.39, 0.29) is 11.4 Å². The minimum absolute atomic E-state index is 0.00703. The number of aryl methyl sites for hydroxylation is 2. The van der Waals surface area contributed by atoms with Gasteiger partial charge in [0.15, 0.2) is 5.82 Å². The first-order valence-corrected chi connectivity index (χ1v) is 7.80. The highest BCUT2D eigenvalue weighted by atomic mass is 32.2. The standard InChI is InChI=1S/C10H14N4O3S2/c1-6-9(3-8(4-11)18-6)19(15,16)12-5-10-13-7(2)17-14-10/h3,12H,4-5,11H2,1-2H3. The Bertz CT molecular complexity index is 675. The van der Waals surface area contributed by atoms with Crippen molar-refractivity contribution in [2.24, 2.45) is 5.73 Å². The van der Waals surface area contributed by atoms with Gasteiger partial charge in [-0.2, -0.15) is 4.98 Å². The fraction of sp³-hybridized carbons (Fsp3) is 0.400. The van der Waals surface area contributed by atoms with Crippen LogP contribution in [0.5, 0.6) is 0 Å². The van der Waals surface area contributed by atoms with Gasteiger partial charge in [0, 0.05) is 23.2 Å². The molecule has 0 bridgehead atoms. The Labute approximate surface area is 114 Å². The van der Waals surface area contributed by atoms with E-state index in [1.165, 1.54) is 11.3 Å². The maximum atomic E-state index is 12.1. The molecule has 0 aromatic carbocycles. The van der Waals surface area contributed by atoms with Gasteiger partial charge in [-0.25, -0.2) is 13.1 Å². The van der Waals surface area contributed by atoms with Crippen LogP contribution in [0.1, 0.15) is 21.5 Å². The van der Waals surface area contributed by atoms with E-state index >= 15 is 0 Å². The van der Waals surface area contributed by atoms with E-state index in [0.29, 0.717) is 23.1 Å². The molecule has 2 aromatic heterocycles. The zero-order chi connectivity index (χ0) is 14.0. The van der Waals surface area contributed by atoms with E-state index in [1.807, 2.05) is 0 Å². The second-order valence-electron chi connectivity index (χ2n) is 3.89. The molecular formula is C10H14N4O3S2. The van der Waals surface area contributed by atoms with Crippen molar-refractivity contribution in [3.05, 3.63) is 27.5 Å². The summed E-state index contributed by atoms with van der Waals surface area (Å²) in [5.74, 6) is 0.694. The summed E-state index contributed by atoms with van der Waals surface area (Å²) in [5, 5.41) is 3.63. The van der Waals surface area contributed by atoms with Gasteiger partial charge < -0.3 is 10.3 Å². The molecule has 2 heterocycles. The zero-order valence-corrected chi connectivity index (χ0v) is 12.1. The average Bonchev–Trinajstić information content (AvgIpc) is 2.93. The zero-order valence-electron chi connectivity index (χ0n) is 10.5. The van der Waals surface area contributed by atoms with Crippen LogP contribution >= 0.6 is 11.3 Å². The summed E-state index contributed by atoms with van der Waals surface area (Å²) in [5.41, 5.74) is 5.51. The van der Waals surface area contributed by atoms with Gasteiger partial charge in [0.25, 0.3) is 0 Å². The Morgan fingerprint density at radius 2 is 2.21 bits per heavy atom. The van der Waals surface area contributed by atoms with Gasteiger partial charge in [0.1, 0.15) is 0 Å². The van der Waals surface area contributed by atoms with E-state index in [4.69, 9.17) is 10.3 Å². The lowest BCUT2D eigenvalue weighted by atomic mass is 10.4. The van der Waals surface area contributed by atoms with Gasteiger partial charge in [-0.1, -0.05) is 5.16 Å². The predicted octanol–water partition coefficient (Wildman–Crippen LogP) is 0.685. The topological polar surface area (TPSA) is 111 Å². The number of thiophene rings is 1. The molecule has 0 aliphatic carbocycles. The molecule has 0 atom stereocenters. The van der Waals surface area contributed by atoms with Crippen LogP contribution < -0.4 is 10.5 Å². The third-order valence-electron chi connectivity index (χ3n) is 2.40. The average molecular weight is 302 g/mol. The van der Waals surface area contributed by atoms with Crippen molar-refractivity contribution in [2.75, 3.05) is 0 Å². The van der Waals surface area contributed by atoms with Gasteiger partial charge in [-0.15, -0.1) is 11.3 Å². The first-order valence-electron chi connectivity index (χ1n) is 5.50. The van der Waals surface area contributed by atoms with E-state index < -0.39 is 10.0 Å². The molecule has 0 amide bonds. The fourth-order valence-corrected chi connectivity index (χ4v) is 4.03. The van der Waals surface area contributed by atoms with Crippen molar-refractivity contribution < 1.29 is 12.9 Å². The van der Waals surface area contributed by atoms with Crippen LogP contribution in [0.2, 0.25) is 0 Å². The van der Waals surface area contributed by atoms with Crippen LogP contribution in [-0.2, 0) is 23.1 Å². The minimum atomic E-state index is -3.59. The number of hydrogen-bond donors (Lipinski definition) is 2. The van der Waals surface area contributed by atoms with Crippen molar-refractivity contribution in [3.8, 4) is 0 Å². The minimum Gasteiger partial charge on any atom is -0.340 e. The van der Waals surface area contributed by atoms with Crippen LogP contribution in [0.4, 0.5) is 0 Å². The molecule has 0 fully saturated rings. The van der Waals surface area contributed by atoms with Gasteiger partial charge >= 0.3 is 0 Å². The molecule has 9 heteroatoms. The van der Waals surface area contributed by atoms with Crippen molar-refractivity contribution in [3.63, 3.8) is 0 Å². The van der Waals surface area contributed by atoms with E-state index in [0.717, 1.165) is 4.88 Å². The molecule has 0 saturated carbocycles. The van der Waals surface area contributed by atoms with Gasteiger partial charge in [0.2, 0.25) is 15.9 Å². The van der Waals surface area contributed by atoms with E-state index in [1.54, 1.807) is 19.9 Å². The summed E-state index contributed by atoms with van der Waals surface area (Å²) in [6, 6.07) is 1.59. The first-order chi connectivity index (χ1) is 8.92. The summed E-state index contributed by atoms with van der Waals surface area (Å²) in [6.45, 7) is 3.70. The number of rotatable bonds is 5. The Morgan fingerprint density at radius 3 is 2.74 bits per heavy atom. The Balaban J connectivity index is 2.15. The number of nitrogens with two attached hydrogens (primary N) is 1. The molecule has 19 heavy (non-hydrogen) atoms. The third-order valence-corrected chi connectivity index (χ3v) is 5.13. The molecule has 0 aliphatic rings. The molecular weight excluding hydrogens is 288 g/mol.